The fourth-order valence-electron chi connectivity index (χ4n) is 3.29. The van der Waals surface area contributed by atoms with Crippen molar-refractivity contribution in [3.05, 3.63) is 87.9 Å². The van der Waals surface area contributed by atoms with E-state index in [1.54, 1.807) is 49.6 Å². The van der Waals surface area contributed by atoms with Crippen LogP contribution in [0.4, 0.5) is 10.8 Å². The summed E-state index contributed by atoms with van der Waals surface area (Å²) >= 11 is 13.6. The van der Waals surface area contributed by atoms with Crippen molar-refractivity contribution in [2.45, 2.75) is 6.54 Å². The molecule has 36 heavy (non-hydrogen) atoms. The molecule has 0 aliphatic carbocycles. The summed E-state index contributed by atoms with van der Waals surface area (Å²) in [5.74, 6) is 0.368. The van der Waals surface area contributed by atoms with Crippen LogP contribution in [0.3, 0.4) is 0 Å². The molecule has 4 rings (SSSR count). The molecule has 0 saturated heterocycles. The molecular formula is C24H20Cl2N4O4S2. The first-order valence-electron chi connectivity index (χ1n) is 10.5. The van der Waals surface area contributed by atoms with E-state index in [4.69, 9.17) is 27.9 Å². The normalized spacial score (nSPS) is 11.2. The van der Waals surface area contributed by atoms with Gasteiger partial charge in [0.2, 0.25) is 15.2 Å². The van der Waals surface area contributed by atoms with Crippen molar-refractivity contribution in [1.29, 1.82) is 0 Å². The van der Waals surface area contributed by atoms with Gasteiger partial charge in [-0.15, -0.1) is 10.2 Å². The van der Waals surface area contributed by atoms with Crippen LogP contribution < -0.4 is 14.4 Å². The van der Waals surface area contributed by atoms with Crippen molar-refractivity contribution in [3.63, 3.8) is 0 Å². The molecular weight excluding hydrogens is 543 g/mol. The number of aromatic nitrogens is 2. The quantitative estimate of drug-likeness (QED) is 0.294. The number of methoxy groups -OCH3 is 1. The maximum Gasteiger partial charge on any atom is 0.257 e. The average Bonchev–Trinajstić information content (AvgIpc) is 3.32. The number of anilines is 2. The summed E-state index contributed by atoms with van der Waals surface area (Å²) < 4.78 is 31.2. The molecule has 0 aliphatic rings. The Labute approximate surface area is 222 Å². The minimum absolute atomic E-state index is 0.0163. The van der Waals surface area contributed by atoms with Gasteiger partial charge in [-0.05, 0) is 54.1 Å². The third kappa shape index (κ3) is 5.96. The second kappa shape index (κ2) is 10.8. The zero-order chi connectivity index (χ0) is 25.9. The molecule has 3 aromatic carbocycles. The summed E-state index contributed by atoms with van der Waals surface area (Å²) in [6.45, 7) is 0.0163. The van der Waals surface area contributed by atoms with Crippen LogP contribution in [0.15, 0.2) is 66.7 Å². The van der Waals surface area contributed by atoms with Crippen LogP contribution in [-0.2, 0) is 16.6 Å². The van der Waals surface area contributed by atoms with Gasteiger partial charge in [-0.3, -0.25) is 14.4 Å². The van der Waals surface area contributed by atoms with Gasteiger partial charge in [-0.1, -0.05) is 52.7 Å². The lowest BCUT2D eigenvalue weighted by Crippen LogP contribution is -2.29. The molecule has 4 aromatic rings. The first kappa shape index (κ1) is 25.9. The highest BCUT2D eigenvalue weighted by atomic mass is 35.5. The zero-order valence-corrected chi connectivity index (χ0v) is 22.2. The summed E-state index contributed by atoms with van der Waals surface area (Å²) in [6, 6.07) is 18.7. The number of sulfonamides is 1. The Morgan fingerprint density at radius 3 is 2.36 bits per heavy atom. The Balaban J connectivity index is 1.46. The number of hydrogen-bond acceptors (Lipinski definition) is 7. The van der Waals surface area contributed by atoms with Gasteiger partial charge < -0.3 is 4.74 Å². The van der Waals surface area contributed by atoms with Crippen LogP contribution in [0, 0.1) is 0 Å². The van der Waals surface area contributed by atoms with E-state index in [0.717, 1.165) is 21.9 Å². The highest BCUT2D eigenvalue weighted by Crippen LogP contribution is 2.34. The van der Waals surface area contributed by atoms with Gasteiger partial charge in [-0.2, -0.15) is 0 Å². The highest BCUT2D eigenvalue weighted by Gasteiger charge is 2.22. The Kier molecular flexibility index (Phi) is 7.79. The SMILES string of the molecule is COc1ccc(-c2nnc(NC(=O)c3ccc(CN(c4cccc(Cl)c4Cl)S(C)(=O)=O)cc3)s2)cc1. The molecule has 8 nitrogen and oxygen atoms in total. The van der Waals surface area contributed by atoms with E-state index in [9.17, 15) is 13.2 Å². The van der Waals surface area contributed by atoms with Crippen molar-refractivity contribution < 1.29 is 17.9 Å². The van der Waals surface area contributed by atoms with E-state index in [2.05, 4.69) is 15.5 Å². The lowest BCUT2D eigenvalue weighted by atomic mass is 10.1. The predicted octanol–water partition coefficient (Wildman–Crippen LogP) is 5.74. The van der Waals surface area contributed by atoms with Crippen molar-refractivity contribution in [3.8, 4) is 16.3 Å². The van der Waals surface area contributed by atoms with Gasteiger partial charge in [0.05, 0.1) is 35.6 Å². The number of amides is 1. The summed E-state index contributed by atoms with van der Waals surface area (Å²) in [5, 5.41) is 12.3. The number of ether oxygens (including phenoxy) is 1. The second-order valence-corrected chi connectivity index (χ2v) is 11.3. The van der Waals surface area contributed by atoms with Gasteiger partial charge in [0.25, 0.3) is 5.91 Å². The third-order valence-corrected chi connectivity index (χ3v) is 7.95. The molecule has 12 heteroatoms. The van der Waals surface area contributed by atoms with Crippen LogP contribution >= 0.6 is 34.5 Å². The Morgan fingerprint density at radius 2 is 1.72 bits per heavy atom. The summed E-state index contributed by atoms with van der Waals surface area (Å²) in [4.78, 5) is 12.7. The molecule has 0 spiro atoms. The number of rotatable bonds is 8. The molecule has 1 heterocycles. The fourth-order valence-corrected chi connectivity index (χ4v) is 5.37. The predicted molar refractivity (Wildman–Crippen MR) is 144 cm³/mol. The Morgan fingerprint density at radius 1 is 1.03 bits per heavy atom. The van der Waals surface area contributed by atoms with Gasteiger partial charge in [0, 0.05) is 11.1 Å². The maximum absolute atomic E-state index is 12.7. The van der Waals surface area contributed by atoms with Crippen molar-refractivity contribution in [2.24, 2.45) is 0 Å². The molecule has 0 radical (unpaired) electrons. The average molecular weight is 563 g/mol. The largest absolute Gasteiger partial charge is 0.497 e. The molecule has 0 saturated carbocycles. The fraction of sp³-hybridized carbons (Fsp3) is 0.125. The number of hydrogen-bond donors (Lipinski definition) is 1. The van der Waals surface area contributed by atoms with Gasteiger partial charge in [0.15, 0.2) is 0 Å². The molecule has 0 bridgehead atoms. The number of nitrogens with one attached hydrogen (secondary N) is 1. The summed E-state index contributed by atoms with van der Waals surface area (Å²) in [6.07, 6.45) is 1.09. The van der Waals surface area contributed by atoms with E-state index < -0.39 is 10.0 Å². The minimum Gasteiger partial charge on any atom is -0.497 e. The third-order valence-electron chi connectivity index (χ3n) is 5.12. The monoisotopic (exact) mass is 562 g/mol. The van der Waals surface area contributed by atoms with Crippen molar-refractivity contribution >= 4 is 61.3 Å². The van der Waals surface area contributed by atoms with Gasteiger partial charge >= 0.3 is 0 Å². The van der Waals surface area contributed by atoms with Gasteiger partial charge in [-0.25, -0.2) is 8.42 Å². The standard InChI is InChI=1S/C24H20Cl2N4O4S2/c1-34-18-12-10-17(11-13-18)23-28-29-24(35-23)27-22(31)16-8-6-15(7-9-16)14-30(36(2,32)33)20-5-3-4-19(25)21(20)26/h3-13H,14H2,1-2H3,(H,27,29,31). The first-order valence-corrected chi connectivity index (χ1v) is 13.9. The first-order chi connectivity index (χ1) is 17.2. The van der Waals surface area contributed by atoms with Crippen LogP contribution in [0.1, 0.15) is 15.9 Å². The number of halogens is 2. The van der Waals surface area contributed by atoms with E-state index in [1.165, 1.54) is 11.3 Å². The van der Waals surface area contributed by atoms with E-state index in [0.29, 0.717) is 21.3 Å². The molecule has 0 atom stereocenters. The molecule has 0 aliphatic heterocycles. The molecule has 1 aromatic heterocycles. The smallest absolute Gasteiger partial charge is 0.257 e. The van der Waals surface area contributed by atoms with Crippen LogP contribution in [0.5, 0.6) is 5.75 Å². The van der Waals surface area contributed by atoms with Crippen LogP contribution in [0.2, 0.25) is 10.0 Å². The highest BCUT2D eigenvalue weighted by molar-refractivity contribution is 7.92. The molecule has 0 fully saturated rings. The summed E-state index contributed by atoms with van der Waals surface area (Å²) in [7, 11) is -2.06. The van der Waals surface area contributed by atoms with Crippen LogP contribution in [0.25, 0.3) is 10.6 Å². The molecule has 1 N–H and O–H groups in total. The zero-order valence-electron chi connectivity index (χ0n) is 19.1. The number of nitrogens with zero attached hydrogens (tertiary/aromatic N) is 3. The maximum atomic E-state index is 12.7. The summed E-state index contributed by atoms with van der Waals surface area (Å²) in [5.41, 5.74) is 2.17. The Bertz CT molecular complexity index is 1490. The van der Waals surface area contributed by atoms with E-state index in [1.807, 2.05) is 24.3 Å². The van der Waals surface area contributed by atoms with Crippen molar-refractivity contribution in [1.82, 2.24) is 10.2 Å². The van der Waals surface area contributed by atoms with Gasteiger partial charge in [0.1, 0.15) is 10.8 Å². The molecule has 1 amide bonds. The molecule has 186 valence electrons. The minimum atomic E-state index is -3.66. The van der Waals surface area contributed by atoms with E-state index in [-0.39, 0.29) is 28.2 Å². The lowest BCUT2D eigenvalue weighted by molar-refractivity contribution is 0.102. The Hall–Kier alpha value is -3.18. The number of carbonyl (C=O) groups excluding carboxylic acids is 1. The lowest BCUT2D eigenvalue weighted by Gasteiger charge is -2.24. The van der Waals surface area contributed by atoms with Crippen LogP contribution in [-0.4, -0.2) is 37.9 Å². The number of carbonyl (C=O) groups is 1. The van der Waals surface area contributed by atoms with Crippen molar-refractivity contribution in [2.75, 3.05) is 23.0 Å². The van der Waals surface area contributed by atoms with E-state index >= 15 is 0 Å². The molecule has 0 unspecified atom stereocenters. The number of benzene rings is 3. The topological polar surface area (TPSA) is 101 Å². The second-order valence-electron chi connectivity index (χ2n) is 7.63.